The van der Waals surface area contributed by atoms with Crippen molar-refractivity contribution >= 4 is 47.0 Å². The molecule has 150 valence electrons. The molecule has 0 spiro atoms. The third-order valence-corrected chi connectivity index (χ3v) is 5.80. The zero-order valence-corrected chi connectivity index (χ0v) is 17.6. The number of carbonyl (C=O) groups excluding carboxylic acids is 1. The minimum Gasteiger partial charge on any atom is -0.346 e. The van der Waals surface area contributed by atoms with E-state index in [2.05, 4.69) is 27.2 Å². The molecule has 2 aromatic rings. The van der Waals surface area contributed by atoms with E-state index in [4.69, 9.17) is 0 Å². The average Bonchev–Trinajstić information content (AvgIpc) is 2.79. The van der Waals surface area contributed by atoms with Crippen molar-refractivity contribution in [2.75, 3.05) is 31.9 Å². The van der Waals surface area contributed by atoms with Crippen LogP contribution in [0.3, 0.4) is 0 Å². The second-order valence-corrected chi connectivity index (χ2v) is 7.58. The van der Waals surface area contributed by atoms with Gasteiger partial charge in [0.2, 0.25) is 5.91 Å². The number of amides is 1. The fourth-order valence-corrected chi connectivity index (χ4v) is 4.13. The van der Waals surface area contributed by atoms with E-state index in [1.807, 2.05) is 59.5 Å². The highest BCUT2D eigenvalue weighted by Gasteiger charge is 2.24. The highest BCUT2D eigenvalue weighted by atomic mass is 35.5. The van der Waals surface area contributed by atoms with Crippen molar-refractivity contribution in [2.24, 2.45) is 10.2 Å². The normalized spacial score (nSPS) is 16.8. The van der Waals surface area contributed by atoms with E-state index in [-0.39, 0.29) is 18.3 Å². The summed E-state index contributed by atoms with van der Waals surface area (Å²) in [6.07, 6.45) is 3.53. The molecule has 5 nitrogen and oxygen atoms in total. The molecular formula is C22H23ClN4OS. The SMILES string of the molecule is Cl.O=C(C=Cc1ccccc1)N1CCN(C2=NN=C(c3ccccc3)CS2)CC1. The van der Waals surface area contributed by atoms with Crippen molar-refractivity contribution in [3.63, 3.8) is 0 Å². The number of piperazine rings is 1. The molecule has 0 atom stereocenters. The number of amidine groups is 1. The second-order valence-electron chi connectivity index (χ2n) is 6.64. The molecule has 1 amide bonds. The zero-order valence-electron chi connectivity index (χ0n) is 16.0. The van der Waals surface area contributed by atoms with Crippen molar-refractivity contribution in [3.05, 3.63) is 77.9 Å². The van der Waals surface area contributed by atoms with Crippen molar-refractivity contribution in [3.8, 4) is 0 Å². The topological polar surface area (TPSA) is 48.3 Å². The number of benzene rings is 2. The van der Waals surface area contributed by atoms with E-state index in [9.17, 15) is 4.79 Å². The minimum atomic E-state index is 0. The first kappa shape index (κ1) is 21.1. The van der Waals surface area contributed by atoms with E-state index in [0.29, 0.717) is 13.1 Å². The van der Waals surface area contributed by atoms with E-state index in [1.165, 1.54) is 0 Å². The predicted octanol–water partition coefficient (Wildman–Crippen LogP) is 3.77. The third-order valence-electron chi connectivity index (χ3n) is 4.78. The lowest BCUT2D eigenvalue weighted by atomic mass is 10.1. The molecule has 1 fully saturated rings. The molecule has 2 aliphatic heterocycles. The number of hydrogen-bond acceptors (Lipinski definition) is 5. The number of nitrogens with zero attached hydrogens (tertiary/aromatic N) is 4. The lowest BCUT2D eigenvalue weighted by Crippen LogP contribution is -2.50. The molecule has 1 saturated heterocycles. The van der Waals surface area contributed by atoms with Crippen molar-refractivity contribution in [2.45, 2.75) is 0 Å². The van der Waals surface area contributed by atoms with Crippen LogP contribution in [-0.2, 0) is 4.79 Å². The molecule has 2 aliphatic rings. The Morgan fingerprint density at radius 3 is 2.17 bits per heavy atom. The summed E-state index contributed by atoms with van der Waals surface area (Å²) in [6.45, 7) is 2.97. The summed E-state index contributed by atoms with van der Waals surface area (Å²) in [5.41, 5.74) is 3.17. The predicted molar refractivity (Wildman–Crippen MR) is 124 cm³/mol. The van der Waals surface area contributed by atoms with Crippen LogP contribution in [0.15, 0.2) is 76.9 Å². The quantitative estimate of drug-likeness (QED) is 0.702. The summed E-state index contributed by atoms with van der Waals surface area (Å²) in [5, 5.41) is 9.81. The Hall–Kier alpha value is -2.57. The molecule has 4 rings (SSSR count). The summed E-state index contributed by atoms with van der Waals surface area (Å²) in [4.78, 5) is 16.5. The molecule has 0 aromatic heterocycles. The number of thioether (sulfide) groups is 1. The maximum absolute atomic E-state index is 12.4. The van der Waals surface area contributed by atoms with Gasteiger partial charge >= 0.3 is 0 Å². The van der Waals surface area contributed by atoms with Gasteiger partial charge in [-0.05, 0) is 17.2 Å². The van der Waals surface area contributed by atoms with Gasteiger partial charge in [-0.25, -0.2) is 0 Å². The molecule has 2 aromatic carbocycles. The van der Waals surface area contributed by atoms with Gasteiger partial charge in [-0.2, -0.15) is 5.10 Å². The Morgan fingerprint density at radius 2 is 1.55 bits per heavy atom. The molecule has 0 unspecified atom stereocenters. The van der Waals surface area contributed by atoms with Gasteiger partial charge in [0.15, 0.2) is 5.17 Å². The van der Waals surface area contributed by atoms with Crippen LogP contribution in [-0.4, -0.2) is 58.5 Å². The molecule has 0 aliphatic carbocycles. The van der Waals surface area contributed by atoms with E-state index < -0.39 is 0 Å². The van der Waals surface area contributed by atoms with Gasteiger partial charge in [0.25, 0.3) is 0 Å². The Morgan fingerprint density at radius 1 is 0.897 bits per heavy atom. The Bertz CT molecular complexity index is 907. The summed E-state index contributed by atoms with van der Waals surface area (Å²) < 4.78 is 0. The van der Waals surface area contributed by atoms with Gasteiger partial charge in [-0.15, -0.1) is 17.5 Å². The number of halogens is 1. The number of hydrogen-bond donors (Lipinski definition) is 0. The maximum atomic E-state index is 12.4. The fourth-order valence-electron chi connectivity index (χ4n) is 3.18. The molecule has 29 heavy (non-hydrogen) atoms. The van der Waals surface area contributed by atoms with Crippen LogP contribution in [0, 0.1) is 0 Å². The van der Waals surface area contributed by atoms with Gasteiger partial charge in [-0.3, -0.25) is 4.79 Å². The lowest BCUT2D eigenvalue weighted by Gasteiger charge is -2.35. The Labute approximate surface area is 181 Å². The van der Waals surface area contributed by atoms with Crippen molar-refractivity contribution in [1.29, 1.82) is 0 Å². The third kappa shape index (κ3) is 5.49. The van der Waals surface area contributed by atoms with Gasteiger partial charge < -0.3 is 9.80 Å². The monoisotopic (exact) mass is 426 g/mol. The summed E-state index contributed by atoms with van der Waals surface area (Å²) in [5.74, 6) is 0.882. The van der Waals surface area contributed by atoms with Gasteiger partial charge in [0.05, 0.1) is 5.71 Å². The fraction of sp³-hybridized carbons (Fsp3) is 0.227. The van der Waals surface area contributed by atoms with Crippen molar-refractivity contribution in [1.82, 2.24) is 9.80 Å². The van der Waals surface area contributed by atoms with Crippen molar-refractivity contribution < 1.29 is 4.79 Å². The first-order chi connectivity index (χ1) is 13.8. The summed E-state index contributed by atoms with van der Waals surface area (Å²) >= 11 is 1.72. The Kier molecular flexibility index (Phi) is 7.49. The van der Waals surface area contributed by atoms with E-state index in [1.54, 1.807) is 17.8 Å². The largest absolute Gasteiger partial charge is 0.346 e. The second kappa shape index (κ2) is 10.3. The zero-order chi connectivity index (χ0) is 19.2. The highest BCUT2D eigenvalue weighted by molar-refractivity contribution is 8.14. The minimum absolute atomic E-state index is 0. The van der Waals surface area contributed by atoms with Crippen LogP contribution in [0.1, 0.15) is 11.1 Å². The highest BCUT2D eigenvalue weighted by Crippen LogP contribution is 2.19. The van der Waals surface area contributed by atoms with Crippen LogP contribution >= 0.6 is 24.2 Å². The molecular weight excluding hydrogens is 404 g/mol. The average molecular weight is 427 g/mol. The molecule has 2 heterocycles. The van der Waals surface area contributed by atoms with Crippen LogP contribution in [0.25, 0.3) is 6.08 Å². The van der Waals surface area contributed by atoms with Crippen LogP contribution in [0.5, 0.6) is 0 Å². The smallest absolute Gasteiger partial charge is 0.246 e. The molecule has 0 saturated carbocycles. The van der Waals surface area contributed by atoms with Crippen LogP contribution < -0.4 is 0 Å². The molecule has 0 bridgehead atoms. The summed E-state index contributed by atoms with van der Waals surface area (Å²) in [6, 6.07) is 20.1. The van der Waals surface area contributed by atoms with E-state index in [0.717, 1.165) is 40.8 Å². The maximum Gasteiger partial charge on any atom is 0.246 e. The lowest BCUT2D eigenvalue weighted by molar-refractivity contribution is -0.127. The first-order valence-electron chi connectivity index (χ1n) is 9.39. The molecule has 0 N–H and O–H groups in total. The number of carbonyl (C=O) groups is 1. The molecule has 0 radical (unpaired) electrons. The summed E-state index contributed by atoms with van der Waals surface area (Å²) in [7, 11) is 0. The standard InChI is InChI=1S/C22H22N4OS.ClH/c27-21(12-11-18-7-3-1-4-8-18)25-13-15-26(16-14-25)22-24-23-20(17-28-22)19-9-5-2-6-10-19;/h1-12H,13-17H2;1H. The van der Waals surface area contributed by atoms with Gasteiger partial charge in [0.1, 0.15) is 0 Å². The first-order valence-corrected chi connectivity index (χ1v) is 10.4. The van der Waals surface area contributed by atoms with Crippen LogP contribution in [0.4, 0.5) is 0 Å². The van der Waals surface area contributed by atoms with Gasteiger partial charge in [-0.1, -0.05) is 72.4 Å². The molecule has 7 heteroatoms. The Balaban J connectivity index is 0.00000240. The van der Waals surface area contributed by atoms with Gasteiger partial charge in [0, 0.05) is 38.0 Å². The van der Waals surface area contributed by atoms with E-state index >= 15 is 0 Å². The van der Waals surface area contributed by atoms with Crippen LogP contribution in [0.2, 0.25) is 0 Å². The number of rotatable bonds is 3.